The third-order valence-electron chi connectivity index (χ3n) is 2.97. The van der Waals surface area contributed by atoms with E-state index in [9.17, 15) is 8.42 Å². The van der Waals surface area contributed by atoms with Gasteiger partial charge in [0, 0.05) is 17.1 Å². The summed E-state index contributed by atoms with van der Waals surface area (Å²) in [5.74, 6) is 0.0666. The Morgan fingerprint density at radius 3 is 2.33 bits per heavy atom. The van der Waals surface area contributed by atoms with Crippen LogP contribution in [0.15, 0.2) is 29.2 Å². The van der Waals surface area contributed by atoms with Crippen LogP contribution in [-0.2, 0) is 16.4 Å². The SMILES string of the molecule is CCc1ccc(N)cc1S(=O)(=O)Nc1nc(C)cc(C)n1. The molecular weight excluding hydrogens is 288 g/mol. The highest BCUT2D eigenvalue weighted by atomic mass is 32.2. The van der Waals surface area contributed by atoms with E-state index in [1.54, 1.807) is 32.0 Å². The van der Waals surface area contributed by atoms with Crippen molar-refractivity contribution in [3.8, 4) is 0 Å². The predicted molar refractivity (Wildman–Crippen MR) is 82.5 cm³/mol. The van der Waals surface area contributed by atoms with Gasteiger partial charge in [0.25, 0.3) is 10.0 Å². The molecule has 21 heavy (non-hydrogen) atoms. The highest BCUT2D eigenvalue weighted by molar-refractivity contribution is 7.92. The summed E-state index contributed by atoms with van der Waals surface area (Å²) in [6, 6.07) is 6.62. The lowest BCUT2D eigenvalue weighted by atomic mass is 10.1. The molecule has 3 N–H and O–H groups in total. The number of nitrogens with one attached hydrogen (secondary N) is 1. The molecule has 0 saturated carbocycles. The minimum Gasteiger partial charge on any atom is -0.399 e. The summed E-state index contributed by atoms with van der Waals surface area (Å²) in [4.78, 5) is 8.34. The monoisotopic (exact) mass is 306 g/mol. The van der Waals surface area contributed by atoms with Crippen molar-refractivity contribution in [3.63, 3.8) is 0 Å². The van der Waals surface area contributed by atoms with Crippen molar-refractivity contribution in [2.24, 2.45) is 0 Å². The number of aryl methyl sites for hydroxylation is 3. The van der Waals surface area contributed by atoms with Crippen LogP contribution in [0.2, 0.25) is 0 Å². The summed E-state index contributed by atoms with van der Waals surface area (Å²) in [5.41, 5.74) is 8.18. The van der Waals surface area contributed by atoms with Gasteiger partial charge in [-0.1, -0.05) is 13.0 Å². The first kappa shape index (κ1) is 15.2. The number of nitrogens with zero attached hydrogens (tertiary/aromatic N) is 2. The molecule has 0 aliphatic heterocycles. The van der Waals surface area contributed by atoms with Gasteiger partial charge in [-0.2, -0.15) is 0 Å². The Hall–Kier alpha value is -2.15. The van der Waals surface area contributed by atoms with Crippen molar-refractivity contribution < 1.29 is 8.42 Å². The summed E-state index contributed by atoms with van der Waals surface area (Å²) < 4.78 is 27.4. The number of rotatable bonds is 4. The van der Waals surface area contributed by atoms with Gasteiger partial charge in [-0.25, -0.2) is 23.1 Å². The highest BCUT2D eigenvalue weighted by Crippen LogP contribution is 2.21. The zero-order valence-electron chi connectivity index (χ0n) is 12.2. The van der Waals surface area contributed by atoms with Gasteiger partial charge in [0.2, 0.25) is 5.95 Å². The largest absolute Gasteiger partial charge is 0.399 e. The molecule has 1 heterocycles. The lowest BCUT2D eigenvalue weighted by Crippen LogP contribution is -2.17. The van der Waals surface area contributed by atoms with Crippen molar-refractivity contribution in [1.82, 2.24) is 9.97 Å². The number of hydrogen-bond acceptors (Lipinski definition) is 5. The summed E-state index contributed by atoms with van der Waals surface area (Å²) >= 11 is 0. The van der Waals surface area contributed by atoms with E-state index in [1.165, 1.54) is 6.07 Å². The fourth-order valence-electron chi connectivity index (χ4n) is 2.06. The molecular formula is C14H18N4O2S. The third kappa shape index (κ3) is 3.49. The van der Waals surface area contributed by atoms with E-state index >= 15 is 0 Å². The number of aromatic nitrogens is 2. The maximum absolute atomic E-state index is 12.5. The number of nitrogens with two attached hydrogens (primary N) is 1. The van der Waals surface area contributed by atoms with Crippen molar-refractivity contribution in [2.75, 3.05) is 10.5 Å². The average molecular weight is 306 g/mol. The van der Waals surface area contributed by atoms with E-state index < -0.39 is 10.0 Å². The Labute approximate surface area is 124 Å². The van der Waals surface area contributed by atoms with Crippen LogP contribution >= 0.6 is 0 Å². The molecule has 2 rings (SSSR count). The molecule has 0 unspecified atom stereocenters. The Morgan fingerprint density at radius 1 is 1.14 bits per heavy atom. The molecule has 0 radical (unpaired) electrons. The maximum atomic E-state index is 12.5. The minimum absolute atomic E-state index is 0.0666. The molecule has 0 aliphatic carbocycles. The average Bonchev–Trinajstić information content (AvgIpc) is 2.36. The maximum Gasteiger partial charge on any atom is 0.264 e. The standard InChI is InChI=1S/C14H18N4O2S/c1-4-11-5-6-12(15)8-13(11)21(19,20)18-14-16-9(2)7-10(3)17-14/h5-8H,4,15H2,1-3H3,(H,16,17,18). The molecule has 0 amide bonds. The van der Waals surface area contributed by atoms with Crippen LogP contribution in [0.3, 0.4) is 0 Å². The topological polar surface area (TPSA) is 98.0 Å². The molecule has 0 spiro atoms. The van der Waals surface area contributed by atoms with Crippen LogP contribution in [-0.4, -0.2) is 18.4 Å². The number of hydrogen-bond donors (Lipinski definition) is 2. The van der Waals surface area contributed by atoms with Crippen molar-refractivity contribution in [1.29, 1.82) is 0 Å². The zero-order valence-corrected chi connectivity index (χ0v) is 13.0. The van der Waals surface area contributed by atoms with Crippen LogP contribution in [0.4, 0.5) is 11.6 Å². The van der Waals surface area contributed by atoms with Gasteiger partial charge in [0.15, 0.2) is 0 Å². The first-order valence-corrected chi connectivity index (χ1v) is 8.03. The molecule has 112 valence electrons. The molecule has 0 aliphatic rings. The molecule has 0 bridgehead atoms. The molecule has 0 saturated heterocycles. The summed E-state index contributed by atoms with van der Waals surface area (Å²) in [6.07, 6.45) is 0.588. The molecule has 2 aromatic rings. The van der Waals surface area contributed by atoms with Gasteiger partial charge in [0.05, 0.1) is 4.90 Å². The molecule has 6 nitrogen and oxygen atoms in total. The number of anilines is 2. The second-order valence-electron chi connectivity index (χ2n) is 4.80. The van der Waals surface area contributed by atoms with Gasteiger partial charge < -0.3 is 5.73 Å². The van der Waals surface area contributed by atoms with Crippen molar-refractivity contribution >= 4 is 21.7 Å². The van der Waals surface area contributed by atoms with Gasteiger partial charge in [0.1, 0.15) is 0 Å². The third-order valence-corrected chi connectivity index (χ3v) is 4.38. The van der Waals surface area contributed by atoms with Crippen molar-refractivity contribution in [3.05, 3.63) is 41.2 Å². The number of benzene rings is 1. The Morgan fingerprint density at radius 2 is 1.76 bits per heavy atom. The lowest BCUT2D eigenvalue weighted by Gasteiger charge is -2.11. The molecule has 0 fully saturated rings. The van der Waals surface area contributed by atoms with E-state index in [0.29, 0.717) is 29.1 Å². The number of nitrogen functional groups attached to an aromatic ring is 1. The molecule has 1 aromatic heterocycles. The van der Waals surface area contributed by atoms with Crippen LogP contribution in [0, 0.1) is 13.8 Å². The fraction of sp³-hybridized carbons (Fsp3) is 0.286. The highest BCUT2D eigenvalue weighted by Gasteiger charge is 2.19. The van der Waals surface area contributed by atoms with Crippen molar-refractivity contribution in [2.45, 2.75) is 32.1 Å². The van der Waals surface area contributed by atoms with Gasteiger partial charge in [-0.15, -0.1) is 0 Å². The van der Waals surface area contributed by atoms with E-state index in [4.69, 9.17) is 5.73 Å². The smallest absolute Gasteiger partial charge is 0.264 e. The van der Waals surface area contributed by atoms with Gasteiger partial charge in [-0.3, -0.25) is 0 Å². The van der Waals surface area contributed by atoms with E-state index in [1.807, 2.05) is 6.92 Å². The Kier molecular flexibility index (Phi) is 4.13. The van der Waals surface area contributed by atoms with E-state index in [2.05, 4.69) is 14.7 Å². The summed E-state index contributed by atoms with van der Waals surface area (Å²) in [6.45, 7) is 5.45. The fourth-order valence-corrected chi connectivity index (χ4v) is 3.35. The second-order valence-corrected chi connectivity index (χ2v) is 6.45. The quantitative estimate of drug-likeness (QED) is 0.842. The lowest BCUT2D eigenvalue weighted by molar-refractivity contribution is 0.599. The summed E-state index contributed by atoms with van der Waals surface area (Å²) in [7, 11) is -3.77. The van der Waals surface area contributed by atoms with Crippen LogP contribution in [0.25, 0.3) is 0 Å². The van der Waals surface area contributed by atoms with Crippen LogP contribution in [0.5, 0.6) is 0 Å². The normalized spacial score (nSPS) is 11.4. The molecule has 0 atom stereocenters. The van der Waals surface area contributed by atoms with Crippen LogP contribution < -0.4 is 10.5 Å². The Balaban J connectivity index is 2.45. The summed E-state index contributed by atoms with van der Waals surface area (Å²) in [5, 5.41) is 0. The Bertz CT molecular complexity index is 752. The van der Waals surface area contributed by atoms with E-state index in [-0.39, 0.29) is 10.8 Å². The van der Waals surface area contributed by atoms with Crippen LogP contribution in [0.1, 0.15) is 23.9 Å². The molecule has 7 heteroatoms. The number of sulfonamides is 1. The first-order chi connectivity index (χ1) is 9.81. The van der Waals surface area contributed by atoms with Gasteiger partial charge >= 0.3 is 0 Å². The second kappa shape index (κ2) is 5.69. The van der Waals surface area contributed by atoms with E-state index in [0.717, 1.165) is 0 Å². The minimum atomic E-state index is -3.77. The zero-order chi connectivity index (χ0) is 15.6. The molecule has 1 aromatic carbocycles. The van der Waals surface area contributed by atoms with Gasteiger partial charge in [-0.05, 0) is 44.0 Å². The first-order valence-electron chi connectivity index (χ1n) is 6.55. The predicted octanol–water partition coefficient (Wildman–Crippen LogP) is 2.04.